The molecule has 0 radical (unpaired) electrons. The zero-order valence-electron chi connectivity index (χ0n) is 5.84. The van der Waals surface area contributed by atoms with Crippen LogP contribution >= 0.6 is 23.5 Å². The van der Waals surface area contributed by atoms with Crippen LogP contribution in [-0.2, 0) is 0 Å². The van der Waals surface area contributed by atoms with Gasteiger partial charge in [-0.2, -0.15) is 13.2 Å². The Morgan fingerprint density at radius 1 is 1.25 bits per heavy atom. The second-order valence-electron chi connectivity index (χ2n) is 3.24. The van der Waals surface area contributed by atoms with E-state index >= 15 is 0 Å². The molecule has 0 spiro atoms. The first-order valence-corrected chi connectivity index (χ1v) is 5.46. The molecule has 4 unspecified atom stereocenters. The van der Waals surface area contributed by atoms with Crippen LogP contribution in [0.4, 0.5) is 13.2 Å². The van der Waals surface area contributed by atoms with E-state index in [2.05, 4.69) is 0 Å². The van der Waals surface area contributed by atoms with E-state index in [-0.39, 0.29) is 15.7 Å². The normalized spacial score (nSPS) is 54.4. The van der Waals surface area contributed by atoms with Crippen LogP contribution in [0.15, 0.2) is 12.2 Å². The lowest BCUT2D eigenvalue weighted by Crippen LogP contribution is -2.40. The molecule has 0 saturated carbocycles. The highest BCUT2D eigenvalue weighted by molar-refractivity contribution is 8.14. The minimum absolute atomic E-state index is 0.151. The van der Waals surface area contributed by atoms with Crippen LogP contribution in [0.2, 0.25) is 0 Å². The van der Waals surface area contributed by atoms with Gasteiger partial charge in [0.1, 0.15) is 4.75 Å². The topological polar surface area (TPSA) is 0 Å². The second kappa shape index (κ2) is 1.85. The number of hydrogen-bond acceptors (Lipinski definition) is 2. The fraction of sp³-hybridized carbons (Fsp3) is 0.714. The van der Waals surface area contributed by atoms with Gasteiger partial charge in [-0.05, 0) is 0 Å². The van der Waals surface area contributed by atoms with Crippen molar-refractivity contribution in [2.75, 3.05) is 0 Å². The molecule has 0 N–H and O–H groups in total. The van der Waals surface area contributed by atoms with E-state index in [0.717, 1.165) is 11.8 Å². The van der Waals surface area contributed by atoms with Gasteiger partial charge in [-0.15, -0.1) is 23.5 Å². The summed E-state index contributed by atoms with van der Waals surface area (Å²) in [5.41, 5.74) is 0. The van der Waals surface area contributed by atoms with E-state index in [1.54, 1.807) is 6.08 Å². The van der Waals surface area contributed by atoms with Gasteiger partial charge in [0, 0.05) is 15.7 Å². The van der Waals surface area contributed by atoms with Gasteiger partial charge in [0.15, 0.2) is 0 Å². The van der Waals surface area contributed by atoms with Crippen LogP contribution in [-0.4, -0.2) is 26.7 Å². The first-order valence-electron chi connectivity index (χ1n) is 3.64. The van der Waals surface area contributed by atoms with Gasteiger partial charge in [-0.1, -0.05) is 12.2 Å². The lowest BCUT2D eigenvalue weighted by atomic mass is 9.94. The second-order valence-corrected chi connectivity index (χ2v) is 5.98. The number of thioether (sulfide) groups is 2. The zero-order valence-corrected chi connectivity index (χ0v) is 7.47. The van der Waals surface area contributed by atoms with E-state index < -0.39 is 10.9 Å². The van der Waals surface area contributed by atoms with Crippen molar-refractivity contribution in [3.63, 3.8) is 0 Å². The van der Waals surface area contributed by atoms with Gasteiger partial charge >= 0.3 is 6.18 Å². The molecule has 4 atom stereocenters. The maximum Gasteiger partial charge on any atom is 0.405 e. The molecule has 1 aliphatic carbocycles. The molecule has 0 nitrogen and oxygen atoms in total. The first-order chi connectivity index (χ1) is 5.56. The molecule has 5 heteroatoms. The molecule has 0 aromatic rings. The monoisotopic (exact) mass is 210 g/mol. The van der Waals surface area contributed by atoms with Gasteiger partial charge in [0.2, 0.25) is 0 Å². The highest BCUT2D eigenvalue weighted by atomic mass is 32.2. The third-order valence-corrected chi connectivity index (χ3v) is 5.75. The van der Waals surface area contributed by atoms with E-state index in [0.29, 0.717) is 0 Å². The average Bonchev–Trinajstić information content (AvgIpc) is 2.78. The summed E-state index contributed by atoms with van der Waals surface area (Å²) in [4.78, 5) is 0. The molecular formula is C7H5F3S2. The van der Waals surface area contributed by atoms with Crippen LogP contribution in [0, 0.1) is 0 Å². The van der Waals surface area contributed by atoms with Crippen LogP contribution in [0.5, 0.6) is 0 Å². The summed E-state index contributed by atoms with van der Waals surface area (Å²) in [5, 5.41) is -0.316. The smallest absolute Gasteiger partial charge is 0.169 e. The summed E-state index contributed by atoms with van der Waals surface area (Å²) < 4.78 is 36.3. The minimum atomic E-state index is -4.01. The van der Waals surface area contributed by atoms with Gasteiger partial charge in [-0.25, -0.2) is 0 Å². The summed E-state index contributed by atoms with van der Waals surface area (Å²) in [6, 6.07) is 0. The van der Waals surface area contributed by atoms with Crippen LogP contribution < -0.4 is 0 Å². The molecule has 2 aliphatic heterocycles. The fourth-order valence-electron chi connectivity index (χ4n) is 1.80. The molecule has 2 heterocycles. The Labute approximate surface area is 76.0 Å². The molecule has 0 aromatic carbocycles. The van der Waals surface area contributed by atoms with Crippen molar-refractivity contribution in [3.05, 3.63) is 12.2 Å². The molecule has 3 rings (SSSR count). The predicted molar refractivity (Wildman–Crippen MR) is 44.5 cm³/mol. The number of rotatable bonds is 0. The number of hydrogen-bond donors (Lipinski definition) is 0. The van der Waals surface area contributed by atoms with Crippen molar-refractivity contribution in [2.24, 2.45) is 0 Å². The number of alkyl halides is 3. The summed E-state index contributed by atoms with van der Waals surface area (Å²) in [6.45, 7) is 0. The van der Waals surface area contributed by atoms with Crippen molar-refractivity contribution in [1.29, 1.82) is 0 Å². The Hall–Kier alpha value is 0.230. The standard InChI is InChI=1S/C7H5F3S2/c8-7(9,10)6-4(12-6)2-1-3-5(6)11-3/h1-5H. The lowest BCUT2D eigenvalue weighted by molar-refractivity contribution is -0.147. The van der Waals surface area contributed by atoms with Gasteiger partial charge in [-0.3, -0.25) is 0 Å². The third kappa shape index (κ3) is 0.702. The molecule has 0 amide bonds. The first kappa shape index (κ1) is 7.62. The van der Waals surface area contributed by atoms with Gasteiger partial charge < -0.3 is 0 Å². The Kier molecular flexibility index (Phi) is 1.17. The van der Waals surface area contributed by atoms with Crippen LogP contribution in [0.25, 0.3) is 0 Å². The highest BCUT2D eigenvalue weighted by Crippen LogP contribution is 2.75. The largest absolute Gasteiger partial charge is 0.405 e. The van der Waals surface area contributed by atoms with Crippen molar-refractivity contribution in [2.45, 2.75) is 26.7 Å². The van der Waals surface area contributed by atoms with Gasteiger partial charge in [0.25, 0.3) is 0 Å². The molecule has 2 fully saturated rings. The van der Waals surface area contributed by atoms with Crippen LogP contribution in [0.3, 0.4) is 0 Å². The summed E-state index contributed by atoms with van der Waals surface area (Å²) in [7, 11) is 0. The van der Waals surface area contributed by atoms with Crippen molar-refractivity contribution < 1.29 is 13.2 Å². The third-order valence-electron chi connectivity index (χ3n) is 2.55. The van der Waals surface area contributed by atoms with E-state index in [1.807, 2.05) is 6.08 Å². The minimum Gasteiger partial charge on any atom is -0.169 e. The van der Waals surface area contributed by atoms with Gasteiger partial charge in [0.05, 0.1) is 0 Å². The summed E-state index contributed by atoms with van der Waals surface area (Å²) in [5.74, 6) is 0. The number of halogens is 3. The maximum atomic E-state index is 12.6. The average molecular weight is 210 g/mol. The lowest BCUT2D eigenvalue weighted by Gasteiger charge is -2.18. The fourth-order valence-corrected chi connectivity index (χ4v) is 4.82. The van der Waals surface area contributed by atoms with E-state index in [1.165, 1.54) is 11.8 Å². The van der Waals surface area contributed by atoms with E-state index in [4.69, 9.17) is 0 Å². The summed E-state index contributed by atoms with van der Waals surface area (Å²) >= 11 is 2.52. The number of fused-ring (bicyclic) bond motifs is 3. The van der Waals surface area contributed by atoms with Crippen molar-refractivity contribution in [1.82, 2.24) is 0 Å². The Morgan fingerprint density at radius 3 is 2.58 bits per heavy atom. The molecule has 2 saturated heterocycles. The molecule has 12 heavy (non-hydrogen) atoms. The molecule has 0 bridgehead atoms. The molecular weight excluding hydrogens is 205 g/mol. The summed E-state index contributed by atoms with van der Waals surface area (Å²) in [6.07, 6.45) is -0.372. The molecule has 66 valence electrons. The highest BCUT2D eigenvalue weighted by Gasteiger charge is 2.80. The quantitative estimate of drug-likeness (QED) is 0.445. The zero-order chi connectivity index (χ0) is 8.56. The van der Waals surface area contributed by atoms with Crippen molar-refractivity contribution in [3.8, 4) is 0 Å². The predicted octanol–water partition coefficient (Wildman–Crippen LogP) is 2.46. The molecule has 3 aliphatic rings. The Balaban J connectivity index is 2.00. The van der Waals surface area contributed by atoms with Crippen LogP contribution in [0.1, 0.15) is 0 Å². The van der Waals surface area contributed by atoms with E-state index in [9.17, 15) is 13.2 Å². The van der Waals surface area contributed by atoms with Crippen molar-refractivity contribution >= 4 is 23.5 Å². The molecule has 0 aromatic heterocycles. The Morgan fingerprint density at radius 2 is 2.00 bits per heavy atom. The Bertz CT molecular complexity index is 272. The SMILES string of the molecule is FC(F)(F)C12SC1C=CC1SC12. The maximum absolute atomic E-state index is 12.6.